The van der Waals surface area contributed by atoms with Crippen molar-refractivity contribution in [2.75, 3.05) is 0 Å². The quantitative estimate of drug-likeness (QED) is 0.162. The van der Waals surface area contributed by atoms with Gasteiger partial charge in [0.15, 0.2) is 17.5 Å². The maximum absolute atomic E-state index is 5.10. The number of rotatable bonds is 5. The summed E-state index contributed by atoms with van der Waals surface area (Å²) in [6.45, 7) is 0. The summed E-state index contributed by atoms with van der Waals surface area (Å²) in [6, 6.07) is 79.8. The zero-order valence-corrected chi connectivity index (χ0v) is 36.6. The minimum atomic E-state index is -0.353. The zero-order valence-electron chi connectivity index (χ0n) is 36.6. The third-order valence-electron chi connectivity index (χ3n) is 14.7. The molecule has 1 aromatic heterocycles. The highest BCUT2D eigenvalue weighted by molar-refractivity contribution is 6.14. The summed E-state index contributed by atoms with van der Waals surface area (Å²) in [7, 11) is 0. The third kappa shape index (κ3) is 5.61. The molecule has 0 radical (unpaired) electrons. The standard InChI is InChI=1S/C64H41N3/c1-3-17-40(18-4-1)61-65-62(41-19-5-2-6-20-41)67-63(66-61)45-22-15-21-44(37-45)46-28-16-29-52-47-23-7-8-24-48(47)54-38-42(33-35-53(54)60(46)52)43-34-36-59-55(39-43)51-27-11-14-32-58(51)64(59)56-30-12-9-25-49(56)50-26-10-13-31-57(50)64/h1-27,29-39,46H,28H2. The van der Waals surface area contributed by atoms with Crippen molar-refractivity contribution in [3.63, 3.8) is 0 Å². The molecule has 312 valence electrons. The van der Waals surface area contributed by atoms with Crippen LogP contribution in [0.4, 0.5) is 0 Å². The van der Waals surface area contributed by atoms with Crippen molar-refractivity contribution in [3.05, 3.63) is 263 Å². The first-order chi connectivity index (χ1) is 33.2. The molecular formula is C64H41N3. The molecule has 14 rings (SSSR count). The van der Waals surface area contributed by atoms with Crippen LogP contribution in [0.15, 0.2) is 224 Å². The lowest BCUT2D eigenvalue weighted by atomic mass is 9.70. The zero-order chi connectivity index (χ0) is 44.1. The van der Waals surface area contributed by atoms with E-state index in [0.717, 1.165) is 23.1 Å². The van der Waals surface area contributed by atoms with Crippen LogP contribution in [0.1, 0.15) is 51.3 Å². The first-order valence-electron chi connectivity index (χ1n) is 23.3. The predicted molar refractivity (Wildman–Crippen MR) is 275 cm³/mol. The normalized spacial score (nSPS) is 14.7. The van der Waals surface area contributed by atoms with Crippen molar-refractivity contribution in [1.82, 2.24) is 15.0 Å². The van der Waals surface area contributed by atoms with Crippen molar-refractivity contribution in [2.45, 2.75) is 17.8 Å². The molecule has 3 nitrogen and oxygen atoms in total. The average Bonchev–Trinajstić information content (AvgIpc) is 3.88. The largest absolute Gasteiger partial charge is 0.208 e. The minimum Gasteiger partial charge on any atom is -0.208 e. The van der Waals surface area contributed by atoms with Gasteiger partial charge in [-0.3, -0.25) is 0 Å². The summed E-state index contributed by atoms with van der Waals surface area (Å²) in [4.78, 5) is 15.2. The van der Waals surface area contributed by atoms with E-state index in [1.165, 1.54) is 93.9 Å². The second-order valence-electron chi connectivity index (χ2n) is 18.1. The molecule has 0 fully saturated rings. The summed E-state index contributed by atoms with van der Waals surface area (Å²) in [5.41, 5.74) is 19.6. The van der Waals surface area contributed by atoms with E-state index in [1.807, 2.05) is 36.4 Å². The molecule has 3 heteroatoms. The molecule has 11 aromatic rings. The number of benzene rings is 10. The lowest BCUT2D eigenvalue weighted by molar-refractivity contribution is 0.794. The molecule has 1 unspecified atom stereocenters. The number of hydrogen-bond donors (Lipinski definition) is 0. The van der Waals surface area contributed by atoms with Crippen LogP contribution in [0, 0.1) is 0 Å². The van der Waals surface area contributed by atoms with Gasteiger partial charge in [0.1, 0.15) is 0 Å². The van der Waals surface area contributed by atoms with Gasteiger partial charge < -0.3 is 0 Å². The maximum Gasteiger partial charge on any atom is 0.164 e. The Labute approximate surface area is 389 Å². The summed E-state index contributed by atoms with van der Waals surface area (Å²) < 4.78 is 0. The van der Waals surface area contributed by atoms with Crippen LogP contribution >= 0.6 is 0 Å². The van der Waals surface area contributed by atoms with E-state index in [9.17, 15) is 0 Å². The van der Waals surface area contributed by atoms with Gasteiger partial charge in [-0.1, -0.05) is 212 Å². The Morgan fingerprint density at radius 3 is 1.51 bits per heavy atom. The molecule has 0 N–H and O–H groups in total. The van der Waals surface area contributed by atoms with Crippen LogP contribution in [0.2, 0.25) is 0 Å². The van der Waals surface area contributed by atoms with Crippen LogP contribution < -0.4 is 0 Å². The Bertz CT molecular complexity index is 3750. The molecule has 10 aromatic carbocycles. The molecule has 67 heavy (non-hydrogen) atoms. The van der Waals surface area contributed by atoms with Crippen LogP contribution in [0.5, 0.6) is 0 Å². The summed E-state index contributed by atoms with van der Waals surface area (Å²) >= 11 is 0. The van der Waals surface area contributed by atoms with Gasteiger partial charge in [-0.15, -0.1) is 0 Å². The predicted octanol–water partition coefficient (Wildman–Crippen LogP) is 15.7. The summed E-state index contributed by atoms with van der Waals surface area (Å²) in [5.74, 6) is 2.12. The third-order valence-corrected chi connectivity index (χ3v) is 14.7. The average molecular weight is 852 g/mol. The lowest BCUT2D eigenvalue weighted by Crippen LogP contribution is -2.25. The Morgan fingerprint density at radius 2 is 0.851 bits per heavy atom. The highest BCUT2D eigenvalue weighted by atomic mass is 15.0. The van der Waals surface area contributed by atoms with E-state index in [1.54, 1.807) is 0 Å². The Kier molecular flexibility index (Phi) is 8.32. The van der Waals surface area contributed by atoms with Crippen molar-refractivity contribution in [3.8, 4) is 67.5 Å². The van der Waals surface area contributed by atoms with Crippen molar-refractivity contribution in [1.29, 1.82) is 0 Å². The molecule has 0 aliphatic heterocycles. The van der Waals surface area contributed by atoms with E-state index in [-0.39, 0.29) is 11.3 Å². The lowest BCUT2D eigenvalue weighted by Gasteiger charge is -2.30. The number of aromatic nitrogens is 3. The number of nitrogens with zero attached hydrogens (tertiary/aromatic N) is 3. The van der Waals surface area contributed by atoms with Gasteiger partial charge in [0.05, 0.1) is 5.41 Å². The van der Waals surface area contributed by atoms with Gasteiger partial charge in [-0.05, 0) is 118 Å². The van der Waals surface area contributed by atoms with Gasteiger partial charge in [0.25, 0.3) is 0 Å². The topological polar surface area (TPSA) is 38.7 Å². The smallest absolute Gasteiger partial charge is 0.164 e. The van der Waals surface area contributed by atoms with Crippen LogP contribution in [-0.4, -0.2) is 15.0 Å². The first-order valence-corrected chi connectivity index (χ1v) is 23.3. The van der Waals surface area contributed by atoms with E-state index in [4.69, 9.17) is 15.0 Å². The number of fused-ring (bicyclic) bond motifs is 16. The van der Waals surface area contributed by atoms with E-state index in [2.05, 4.69) is 194 Å². The molecular weight excluding hydrogens is 811 g/mol. The van der Waals surface area contributed by atoms with Gasteiger partial charge in [-0.25, -0.2) is 15.0 Å². The fourth-order valence-electron chi connectivity index (χ4n) is 11.8. The number of hydrogen-bond acceptors (Lipinski definition) is 3. The minimum absolute atomic E-state index is 0.131. The van der Waals surface area contributed by atoms with Crippen LogP contribution in [0.3, 0.4) is 0 Å². The summed E-state index contributed by atoms with van der Waals surface area (Å²) in [5, 5.41) is 5.12. The molecule has 1 atom stereocenters. The molecule has 3 aliphatic carbocycles. The molecule has 0 saturated carbocycles. The second kappa shape index (κ2) is 14.7. The van der Waals surface area contributed by atoms with Crippen molar-refractivity contribution >= 4 is 27.6 Å². The van der Waals surface area contributed by atoms with Gasteiger partial charge in [0.2, 0.25) is 0 Å². The fourth-order valence-corrected chi connectivity index (χ4v) is 11.8. The molecule has 0 bridgehead atoms. The Hall–Kier alpha value is -8.53. The van der Waals surface area contributed by atoms with Gasteiger partial charge in [-0.2, -0.15) is 0 Å². The van der Waals surface area contributed by atoms with Crippen molar-refractivity contribution < 1.29 is 0 Å². The second-order valence-corrected chi connectivity index (χ2v) is 18.1. The Balaban J connectivity index is 0.909. The van der Waals surface area contributed by atoms with Gasteiger partial charge in [0, 0.05) is 22.6 Å². The molecule has 0 saturated heterocycles. The SMILES string of the molecule is C1=Cc2c(c3ccc(-c4ccc5c(c4)-c4ccccc4C54c5ccccc5-c5ccccc54)cc3c3ccccc23)C(c2cccc(-c3nc(-c4ccccc4)nc(-c4ccccc4)n3)c2)C1. The number of allylic oxidation sites excluding steroid dienone is 1. The first kappa shape index (κ1) is 37.8. The monoisotopic (exact) mass is 851 g/mol. The Morgan fingerprint density at radius 1 is 0.343 bits per heavy atom. The highest BCUT2D eigenvalue weighted by Crippen LogP contribution is 2.63. The molecule has 0 amide bonds. The van der Waals surface area contributed by atoms with Crippen LogP contribution in [0.25, 0.3) is 95.2 Å². The highest BCUT2D eigenvalue weighted by Gasteiger charge is 2.51. The van der Waals surface area contributed by atoms with Crippen molar-refractivity contribution in [2.24, 2.45) is 0 Å². The molecule has 3 aliphatic rings. The fraction of sp³-hybridized carbons (Fsp3) is 0.0469. The van der Waals surface area contributed by atoms with E-state index >= 15 is 0 Å². The maximum atomic E-state index is 5.10. The van der Waals surface area contributed by atoms with Gasteiger partial charge >= 0.3 is 0 Å². The molecule has 1 spiro atoms. The molecule has 1 heterocycles. The van der Waals surface area contributed by atoms with E-state index < -0.39 is 0 Å². The van der Waals surface area contributed by atoms with E-state index in [0.29, 0.717) is 17.5 Å². The van der Waals surface area contributed by atoms with Crippen LogP contribution in [-0.2, 0) is 5.41 Å². The summed E-state index contributed by atoms with van der Waals surface area (Å²) in [6.07, 6.45) is 5.60.